The van der Waals surface area contributed by atoms with Gasteiger partial charge in [-0.2, -0.15) is 4.98 Å². The highest BCUT2D eigenvalue weighted by Crippen LogP contribution is 2.36. The second-order valence-corrected chi connectivity index (χ2v) is 7.30. The Kier molecular flexibility index (Phi) is 4.83. The van der Waals surface area contributed by atoms with Gasteiger partial charge in [0.25, 0.3) is 0 Å². The second kappa shape index (κ2) is 7.79. The van der Waals surface area contributed by atoms with Crippen LogP contribution in [-0.4, -0.2) is 60.6 Å². The number of nitrogens with zero attached hydrogens (tertiary/aromatic N) is 8. The largest absolute Gasteiger partial charge is 0.385 e. The van der Waals surface area contributed by atoms with E-state index in [2.05, 4.69) is 36.8 Å². The summed E-state index contributed by atoms with van der Waals surface area (Å²) in [5.41, 5.74) is 7.67. The first kappa shape index (κ1) is 18.6. The van der Waals surface area contributed by atoms with Crippen molar-refractivity contribution in [3.63, 3.8) is 0 Å². The molecule has 0 bridgehead atoms. The van der Waals surface area contributed by atoms with Crippen molar-refractivity contribution in [2.45, 2.75) is 38.3 Å². The van der Waals surface area contributed by atoms with Gasteiger partial charge in [0.15, 0.2) is 11.6 Å². The molecule has 0 saturated carbocycles. The van der Waals surface area contributed by atoms with Gasteiger partial charge in [-0.3, -0.25) is 9.55 Å². The lowest BCUT2D eigenvalue weighted by atomic mass is 10.0. The highest BCUT2D eigenvalue weighted by atomic mass is 16.5. The molecule has 2 aliphatic rings. The van der Waals surface area contributed by atoms with E-state index in [-0.39, 0.29) is 6.04 Å². The van der Waals surface area contributed by atoms with Gasteiger partial charge in [-0.25, -0.2) is 19.9 Å². The summed E-state index contributed by atoms with van der Waals surface area (Å²) in [5.74, 6) is 2.54. The monoisotopic (exact) mass is 405 g/mol. The minimum Gasteiger partial charge on any atom is -0.385 e. The number of imidazole rings is 1. The Morgan fingerprint density at radius 1 is 1.10 bits per heavy atom. The number of nitrogens with two attached hydrogens (primary N) is 1. The third-order valence-electron chi connectivity index (χ3n) is 5.53. The fourth-order valence-corrected chi connectivity index (χ4v) is 4.11. The number of aliphatic imine (C=N–C) groups is 1. The molecule has 5 rings (SSSR count). The standard InChI is InChI=1S/C20H23N9O/c1-2-16-17(21)26-15-12-25-20(27-19(15)29(16)13-3-9-30-10-4-13)28-8-7-24-18(28)14-11-22-5-6-23-14/h5-8,11-13,16H,2-4,9-10H2,1H3,(H2,21,26)/t16-/m1/s1. The summed E-state index contributed by atoms with van der Waals surface area (Å²) < 4.78 is 7.39. The highest BCUT2D eigenvalue weighted by molar-refractivity contribution is 5.95. The molecular weight excluding hydrogens is 382 g/mol. The van der Waals surface area contributed by atoms with Crippen molar-refractivity contribution in [2.24, 2.45) is 10.7 Å². The Bertz CT molecular complexity index is 1060. The molecule has 1 fully saturated rings. The van der Waals surface area contributed by atoms with E-state index in [9.17, 15) is 0 Å². The van der Waals surface area contributed by atoms with Gasteiger partial charge >= 0.3 is 0 Å². The summed E-state index contributed by atoms with van der Waals surface area (Å²) in [6.07, 6.45) is 12.9. The van der Waals surface area contributed by atoms with Crippen molar-refractivity contribution >= 4 is 17.3 Å². The van der Waals surface area contributed by atoms with Crippen molar-refractivity contribution in [2.75, 3.05) is 18.1 Å². The number of hydrogen-bond donors (Lipinski definition) is 1. The zero-order valence-electron chi connectivity index (χ0n) is 16.7. The van der Waals surface area contributed by atoms with E-state index >= 15 is 0 Å². The van der Waals surface area contributed by atoms with E-state index < -0.39 is 0 Å². The maximum absolute atomic E-state index is 6.33. The predicted molar refractivity (Wildman–Crippen MR) is 112 cm³/mol. The molecule has 0 aromatic carbocycles. The summed E-state index contributed by atoms with van der Waals surface area (Å²) in [6.45, 7) is 3.59. The minimum atomic E-state index is 0.00518. The van der Waals surface area contributed by atoms with Crippen molar-refractivity contribution < 1.29 is 4.74 Å². The summed E-state index contributed by atoms with van der Waals surface area (Å²) >= 11 is 0. The Morgan fingerprint density at radius 2 is 1.97 bits per heavy atom. The Morgan fingerprint density at radius 3 is 2.73 bits per heavy atom. The summed E-state index contributed by atoms with van der Waals surface area (Å²) in [6, 6.07) is 0.298. The Labute approximate surface area is 173 Å². The minimum absolute atomic E-state index is 0.00518. The summed E-state index contributed by atoms with van der Waals surface area (Å²) in [7, 11) is 0. The van der Waals surface area contributed by atoms with Crippen LogP contribution in [0, 0.1) is 0 Å². The van der Waals surface area contributed by atoms with Crippen LogP contribution >= 0.6 is 0 Å². The lowest BCUT2D eigenvalue weighted by Gasteiger charge is -2.42. The molecule has 2 aliphatic heterocycles. The molecule has 0 aliphatic carbocycles. The van der Waals surface area contributed by atoms with E-state index in [1.807, 2.05) is 10.8 Å². The third kappa shape index (κ3) is 3.18. The highest BCUT2D eigenvalue weighted by Gasteiger charge is 2.35. The van der Waals surface area contributed by atoms with E-state index in [0.29, 0.717) is 35.0 Å². The van der Waals surface area contributed by atoms with Gasteiger partial charge in [-0.1, -0.05) is 6.92 Å². The van der Waals surface area contributed by atoms with E-state index in [1.165, 1.54) is 0 Å². The van der Waals surface area contributed by atoms with Crippen molar-refractivity contribution in [1.29, 1.82) is 0 Å². The molecule has 3 aromatic rings. The SMILES string of the molecule is CC[C@@H]1C(N)=Nc2cnc(-n3ccnc3-c3cnccn3)nc2N1C1CCOCC1. The van der Waals surface area contributed by atoms with Crippen LogP contribution in [0.2, 0.25) is 0 Å². The summed E-state index contributed by atoms with van der Waals surface area (Å²) in [5, 5.41) is 0. The molecule has 154 valence electrons. The van der Waals surface area contributed by atoms with Crippen LogP contribution in [0.5, 0.6) is 0 Å². The van der Waals surface area contributed by atoms with Crippen LogP contribution in [-0.2, 0) is 4.74 Å². The van der Waals surface area contributed by atoms with Gasteiger partial charge in [0, 0.05) is 44.0 Å². The third-order valence-corrected chi connectivity index (χ3v) is 5.53. The zero-order valence-corrected chi connectivity index (χ0v) is 16.7. The predicted octanol–water partition coefficient (Wildman–Crippen LogP) is 1.89. The molecule has 1 saturated heterocycles. The lowest BCUT2D eigenvalue weighted by molar-refractivity contribution is 0.0833. The molecule has 0 unspecified atom stereocenters. The number of ether oxygens (including phenoxy) is 1. The van der Waals surface area contributed by atoms with Crippen LogP contribution in [0.25, 0.3) is 17.5 Å². The van der Waals surface area contributed by atoms with E-state index in [1.54, 1.807) is 31.0 Å². The van der Waals surface area contributed by atoms with Crippen LogP contribution in [0.1, 0.15) is 26.2 Å². The molecule has 30 heavy (non-hydrogen) atoms. The average Bonchev–Trinajstić information content (AvgIpc) is 3.29. The van der Waals surface area contributed by atoms with E-state index in [4.69, 9.17) is 15.5 Å². The Hall–Kier alpha value is -3.40. The summed E-state index contributed by atoms with van der Waals surface area (Å²) in [4.78, 5) is 29.3. The normalized spacial score (nSPS) is 19.4. The quantitative estimate of drug-likeness (QED) is 0.699. The van der Waals surface area contributed by atoms with Gasteiger partial charge in [0.05, 0.1) is 18.4 Å². The fraction of sp³-hybridized carbons (Fsp3) is 0.400. The fourth-order valence-electron chi connectivity index (χ4n) is 4.11. The number of amidine groups is 1. The Balaban J connectivity index is 1.60. The van der Waals surface area contributed by atoms with Crippen LogP contribution in [0.15, 0.2) is 42.2 Å². The first-order valence-electron chi connectivity index (χ1n) is 10.1. The topological polar surface area (TPSA) is 120 Å². The average molecular weight is 405 g/mol. The smallest absolute Gasteiger partial charge is 0.237 e. The van der Waals surface area contributed by atoms with Gasteiger partial charge in [0.2, 0.25) is 5.95 Å². The van der Waals surface area contributed by atoms with Gasteiger partial charge in [0.1, 0.15) is 17.2 Å². The molecule has 0 spiro atoms. The maximum Gasteiger partial charge on any atom is 0.237 e. The molecular formula is C20H23N9O. The number of fused-ring (bicyclic) bond motifs is 1. The van der Waals surface area contributed by atoms with Crippen molar-refractivity contribution in [3.8, 4) is 17.5 Å². The van der Waals surface area contributed by atoms with Crippen molar-refractivity contribution in [3.05, 3.63) is 37.2 Å². The lowest BCUT2D eigenvalue weighted by Crippen LogP contribution is -2.53. The molecule has 10 nitrogen and oxygen atoms in total. The second-order valence-electron chi connectivity index (χ2n) is 7.30. The molecule has 0 amide bonds. The number of anilines is 1. The molecule has 3 aromatic heterocycles. The van der Waals surface area contributed by atoms with Gasteiger partial charge in [-0.05, 0) is 19.3 Å². The van der Waals surface area contributed by atoms with Gasteiger partial charge in [-0.15, -0.1) is 0 Å². The molecule has 5 heterocycles. The number of aromatic nitrogens is 6. The van der Waals surface area contributed by atoms with Crippen LogP contribution < -0.4 is 10.6 Å². The number of hydrogen-bond acceptors (Lipinski definition) is 9. The van der Waals surface area contributed by atoms with E-state index in [0.717, 1.165) is 38.3 Å². The van der Waals surface area contributed by atoms with Gasteiger partial charge < -0.3 is 15.4 Å². The molecule has 0 radical (unpaired) electrons. The first-order valence-corrected chi connectivity index (χ1v) is 10.1. The number of rotatable bonds is 4. The molecule has 10 heteroatoms. The molecule has 1 atom stereocenters. The zero-order chi connectivity index (χ0) is 20.5. The van der Waals surface area contributed by atoms with Crippen molar-refractivity contribution in [1.82, 2.24) is 29.5 Å². The molecule has 2 N–H and O–H groups in total. The maximum atomic E-state index is 6.33. The van der Waals surface area contributed by atoms with Crippen LogP contribution in [0.4, 0.5) is 11.5 Å². The van der Waals surface area contributed by atoms with Crippen LogP contribution in [0.3, 0.4) is 0 Å². The first-order chi connectivity index (χ1) is 14.8.